The normalized spacial score (nSPS) is 14.9. The molecule has 0 saturated heterocycles. The summed E-state index contributed by atoms with van der Waals surface area (Å²) in [4.78, 5) is 26.2. The van der Waals surface area contributed by atoms with Gasteiger partial charge in [-0.3, -0.25) is 9.59 Å². The van der Waals surface area contributed by atoms with Crippen LogP contribution in [0.5, 0.6) is 0 Å². The van der Waals surface area contributed by atoms with Gasteiger partial charge in [0.1, 0.15) is 5.82 Å². The Kier molecular flexibility index (Phi) is 3.29. The van der Waals surface area contributed by atoms with Crippen LogP contribution in [0.15, 0.2) is 24.4 Å². The summed E-state index contributed by atoms with van der Waals surface area (Å²) in [6.07, 6.45) is 3.31. The standard InChI is InChI=1S/C16H14FN3O2/c1-8-14(18-7-15(8)19-9(2)21)6-12-11-5-10(17)3-4-13(11)20-16(12)22/h3-7,18H,1-2H3,(H,19,21)(H,20,22). The van der Waals surface area contributed by atoms with Gasteiger partial charge in [0.15, 0.2) is 0 Å². The molecule has 0 atom stereocenters. The number of hydrogen-bond donors (Lipinski definition) is 3. The summed E-state index contributed by atoms with van der Waals surface area (Å²) in [6, 6.07) is 4.16. The summed E-state index contributed by atoms with van der Waals surface area (Å²) >= 11 is 0. The number of aromatic nitrogens is 1. The minimum atomic E-state index is -0.400. The minimum Gasteiger partial charge on any atom is -0.360 e. The zero-order valence-electron chi connectivity index (χ0n) is 12.1. The van der Waals surface area contributed by atoms with Crippen LogP contribution in [0.1, 0.15) is 23.7 Å². The van der Waals surface area contributed by atoms with Gasteiger partial charge in [0, 0.05) is 30.1 Å². The quantitative estimate of drug-likeness (QED) is 0.746. The molecule has 2 aromatic rings. The summed E-state index contributed by atoms with van der Waals surface area (Å²) in [7, 11) is 0. The van der Waals surface area contributed by atoms with Gasteiger partial charge in [-0.05, 0) is 36.8 Å². The number of H-pyrrole nitrogens is 1. The number of carbonyl (C=O) groups excluding carboxylic acids is 2. The summed E-state index contributed by atoms with van der Waals surface area (Å²) in [6.45, 7) is 3.25. The van der Waals surface area contributed by atoms with Crippen molar-refractivity contribution in [1.29, 1.82) is 0 Å². The van der Waals surface area contributed by atoms with Crippen LogP contribution in [0.3, 0.4) is 0 Å². The van der Waals surface area contributed by atoms with Crippen molar-refractivity contribution >= 4 is 34.8 Å². The maximum Gasteiger partial charge on any atom is 0.256 e. The van der Waals surface area contributed by atoms with Crippen molar-refractivity contribution in [3.05, 3.63) is 47.0 Å². The third kappa shape index (κ3) is 2.39. The van der Waals surface area contributed by atoms with Gasteiger partial charge in [0.25, 0.3) is 5.91 Å². The molecule has 112 valence electrons. The lowest BCUT2D eigenvalue weighted by atomic mass is 10.0. The lowest BCUT2D eigenvalue weighted by Crippen LogP contribution is -2.05. The van der Waals surface area contributed by atoms with Crippen molar-refractivity contribution in [1.82, 2.24) is 4.98 Å². The number of fused-ring (bicyclic) bond motifs is 1. The lowest BCUT2D eigenvalue weighted by Gasteiger charge is -2.01. The van der Waals surface area contributed by atoms with Crippen LogP contribution in [-0.4, -0.2) is 16.8 Å². The Morgan fingerprint density at radius 1 is 1.36 bits per heavy atom. The summed E-state index contributed by atoms with van der Waals surface area (Å²) in [5, 5.41) is 5.39. The fourth-order valence-corrected chi connectivity index (χ4v) is 2.43. The fraction of sp³-hybridized carbons (Fsp3) is 0.125. The maximum absolute atomic E-state index is 13.4. The number of carbonyl (C=O) groups is 2. The summed E-state index contributed by atoms with van der Waals surface area (Å²) < 4.78 is 13.4. The van der Waals surface area contributed by atoms with Gasteiger partial charge < -0.3 is 15.6 Å². The van der Waals surface area contributed by atoms with Crippen molar-refractivity contribution in [2.24, 2.45) is 0 Å². The molecule has 5 nitrogen and oxygen atoms in total. The predicted molar refractivity (Wildman–Crippen MR) is 82.7 cm³/mol. The first-order chi connectivity index (χ1) is 10.5. The van der Waals surface area contributed by atoms with Gasteiger partial charge in [-0.15, -0.1) is 0 Å². The molecule has 22 heavy (non-hydrogen) atoms. The molecule has 0 unspecified atom stereocenters. The van der Waals surface area contributed by atoms with Crippen molar-refractivity contribution in [2.45, 2.75) is 13.8 Å². The fourth-order valence-electron chi connectivity index (χ4n) is 2.43. The SMILES string of the molecule is CC(=O)Nc1c[nH]c(C=C2C(=O)Nc3ccc(F)cc32)c1C. The van der Waals surface area contributed by atoms with Gasteiger partial charge in [-0.25, -0.2) is 4.39 Å². The number of rotatable bonds is 2. The Morgan fingerprint density at radius 2 is 2.14 bits per heavy atom. The monoisotopic (exact) mass is 299 g/mol. The van der Waals surface area contributed by atoms with Crippen LogP contribution in [0, 0.1) is 12.7 Å². The van der Waals surface area contributed by atoms with Gasteiger partial charge in [-0.1, -0.05) is 0 Å². The Balaban J connectivity index is 2.03. The van der Waals surface area contributed by atoms with Crippen molar-refractivity contribution < 1.29 is 14.0 Å². The molecule has 0 spiro atoms. The van der Waals surface area contributed by atoms with E-state index in [0.717, 1.165) is 5.56 Å². The van der Waals surface area contributed by atoms with Crippen molar-refractivity contribution in [3.63, 3.8) is 0 Å². The molecule has 1 aromatic heterocycles. The summed E-state index contributed by atoms with van der Waals surface area (Å²) in [5.41, 5.74) is 3.64. The van der Waals surface area contributed by atoms with Crippen LogP contribution in [-0.2, 0) is 9.59 Å². The molecule has 0 aliphatic carbocycles. The van der Waals surface area contributed by atoms with E-state index in [-0.39, 0.29) is 11.8 Å². The molecule has 1 aliphatic heterocycles. The van der Waals surface area contributed by atoms with E-state index in [1.54, 1.807) is 12.3 Å². The zero-order valence-corrected chi connectivity index (χ0v) is 12.1. The number of aromatic amines is 1. The van der Waals surface area contributed by atoms with E-state index in [0.29, 0.717) is 28.2 Å². The maximum atomic E-state index is 13.4. The molecule has 0 bridgehead atoms. The Morgan fingerprint density at radius 3 is 2.86 bits per heavy atom. The molecule has 0 radical (unpaired) electrons. The average molecular weight is 299 g/mol. The smallest absolute Gasteiger partial charge is 0.256 e. The van der Waals surface area contributed by atoms with Gasteiger partial charge in [-0.2, -0.15) is 0 Å². The molecule has 2 heterocycles. The summed E-state index contributed by atoms with van der Waals surface area (Å²) in [5.74, 6) is -0.855. The number of benzene rings is 1. The Labute approximate surface area is 126 Å². The van der Waals surface area contributed by atoms with E-state index in [1.807, 2.05) is 6.92 Å². The van der Waals surface area contributed by atoms with E-state index < -0.39 is 5.82 Å². The van der Waals surface area contributed by atoms with E-state index in [2.05, 4.69) is 15.6 Å². The molecule has 3 rings (SSSR count). The van der Waals surface area contributed by atoms with E-state index in [4.69, 9.17) is 0 Å². The molecule has 2 amide bonds. The highest BCUT2D eigenvalue weighted by Crippen LogP contribution is 2.34. The highest BCUT2D eigenvalue weighted by Gasteiger charge is 2.25. The minimum absolute atomic E-state index is 0.174. The number of anilines is 2. The van der Waals surface area contributed by atoms with Crippen LogP contribution in [0.4, 0.5) is 15.8 Å². The number of hydrogen-bond acceptors (Lipinski definition) is 2. The molecule has 1 aliphatic rings. The zero-order chi connectivity index (χ0) is 15.9. The van der Waals surface area contributed by atoms with E-state index in [9.17, 15) is 14.0 Å². The first kappa shape index (κ1) is 14.1. The van der Waals surface area contributed by atoms with Crippen LogP contribution in [0.25, 0.3) is 11.6 Å². The third-order valence-corrected chi connectivity index (χ3v) is 3.54. The van der Waals surface area contributed by atoms with Gasteiger partial charge in [0.2, 0.25) is 5.91 Å². The van der Waals surface area contributed by atoms with Crippen LogP contribution < -0.4 is 10.6 Å². The molecular formula is C16H14FN3O2. The average Bonchev–Trinajstić information content (AvgIpc) is 2.93. The first-order valence-electron chi connectivity index (χ1n) is 6.74. The van der Waals surface area contributed by atoms with Gasteiger partial charge >= 0.3 is 0 Å². The second-order valence-corrected chi connectivity index (χ2v) is 5.12. The van der Waals surface area contributed by atoms with Crippen molar-refractivity contribution in [2.75, 3.05) is 10.6 Å². The largest absolute Gasteiger partial charge is 0.360 e. The topological polar surface area (TPSA) is 74.0 Å². The highest BCUT2D eigenvalue weighted by atomic mass is 19.1. The first-order valence-corrected chi connectivity index (χ1v) is 6.74. The molecular weight excluding hydrogens is 285 g/mol. The van der Waals surface area contributed by atoms with Crippen molar-refractivity contribution in [3.8, 4) is 0 Å². The second-order valence-electron chi connectivity index (χ2n) is 5.12. The molecule has 6 heteroatoms. The molecule has 3 N–H and O–H groups in total. The van der Waals surface area contributed by atoms with Gasteiger partial charge in [0.05, 0.1) is 11.3 Å². The molecule has 0 fully saturated rings. The Bertz CT molecular complexity index is 821. The molecule has 0 saturated carbocycles. The molecule has 1 aromatic carbocycles. The highest BCUT2D eigenvalue weighted by molar-refractivity contribution is 6.34. The Hall–Kier alpha value is -2.89. The number of amides is 2. The van der Waals surface area contributed by atoms with Crippen LogP contribution >= 0.6 is 0 Å². The number of nitrogens with one attached hydrogen (secondary N) is 3. The van der Waals surface area contributed by atoms with E-state index >= 15 is 0 Å². The second kappa shape index (κ2) is 5.14. The lowest BCUT2D eigenvalue weighted by molar-refractivity contribution is -0.114. The predicted octanol–water partition coefficient (Wildman–Crippen LogP) is 2.91. The van der Waals surface area contributed by atoms with Crippen LogP contribution in [0.2, 0.25) is 0 Å². The third-order valence-electron chi connectivity index (χ3n) is 3.54. The number of halogens is 1. The van der Waals surface area contributed by atoms with E-state index in [1.165, 1.54) is 25.1 Å².